The van der Waals surface area contributed by atoms with Crippen molar-refractivity contribution in [2.75, 3.05) is 0 Å². The molecule has 0 unspecified atom stereocenters. The zero-order valence-electron chi connectivity index (χ0n) is 15.2. The van der Waals surface area contributed by atoms with E-state index in [9.17, 15) is 0 Å². The van der Waals surface area contributed by atoms with Crippen molar-refractivity contribution in [3.05, 3.63) is 0 Å². The first-order chi connectivity index (χ1) is 11.1. The van der Waals surface area contributed by atoms with Gasteiger partial charge in [-0.2, -0.15) is 0 Å². The van der Waals surface area contributed by atoms with E-state index in [0.717, 1.165) is 0 Å². The van der Waals surface area contributed by atoms with E-state index >= 15 is 0 Å². The van der Waals surface area contributed by atoms with Crippen LogP contribution in [0.1, 0.15) is 78.1 Å². The normalized spacial score (nSPS) is 7.92. The van der Waals surface area contributed by atoms with E-state index in [-0.39, 0.29) is 6.15 Å². The average Bonchev–Trinajstić information content (AvgIpc) is 2.40. The van der Waals surface area contributed by atoms with Gasteiger partial charge in [-0.3, -0.25) is 0 Å². The molecule has 0 fully saturated rings. The average molecular weight is 373 g/mol. The Kier molecular flexibility index (Phi) is 45.6. The summed E-state index contributed by atoms with van der Waals surface area (Å²) in [4.78, 5) is 25.7. The topological polar surface area (TPSA) is 208 Å². The molecule has 0 rings (SSSR count). The second-order valence-electron chi connectivity index (χ2n) is 4.68. The molecule has 0 aliphatic carbocycles. The number of unbranched alkanes of at least 4 members (excludes halogenated alkanes) is 9. The molecule has 0 atom stereocenters. The van der Waals surface area contributed by atoms with E-state index in [4.69, 9.17) is 45.0 Å². The standard InChI is InChI=1S/C12H26.3CH2O3.H3N/c1-3-5-7-9-11-12-10-8-6-4-2;3*2-1(3)4;/h3-12H2,1-2H3;3*(H2,2,3,4);1H3. The third kappa shape index (κ3) is 186. The number of hydrogen-bond acceptors (Lipinski definition) is 4. The van der Waals surface area contributed by atoms with Crippen molar-refractivity contribution < 1.29 is 45.0 Å². The SMILES string of the molecule is CCCCCCCCCCCC.N.O=C(O)O.O=C(O)O.O=C(O)O. The van der Waals surface area contributed by atoms with Gasteiger partial charge in [0.15, 0.2) is 0 Å². The van der Waals surface area contributed by atoms with Crippen LogP contribution in [0, 0.1) is 0 Å². The Morgan fingerprint density at radius 3 is 0.720 bits per heavy atom. The molecule has 10 heteroatoms. The van der Waals surface area contributed by atoms with Crippen LogP contribution in [0.3, 0.4) is 0 Å². The predicted octanol–water partition coefficient (Wildman–Crippen LogP) is 5.76. The molecule has 0 aliphatic rings. The molecular formula is C15H35NO9. The van der Waals surface area contributed by atoms with Crippen LogP contribution in [0.15, 0.2) is 0 Å². The van der Waals surface area contributed by atoms with Crippen molar-refractivity contribution in [3.8, 4) is 0 Å². The molecule has 9 N–H and O–H groups in total. The van der Waals surface area contributed by atoms with Gasteiger partial charge in [-0.1, -0.05) is 78.1 Å². The lowest BCUT2D eigenvalue weighted by Crippen LogP contribution is -1.81. The summed E-state index contributed by atoms with van der Waals surface area (Å²) in [5.41, 5.74) is 0. The monoisotopic (exact) mass is 373 g/mol. The maximum absolute atomic E-state index is 8.56. The minimum absolute atomic E-state index is 0. The molecule has 0 spiro atoms. The Morgan fingerprint density at radius 2 is 0.600 bits per heavy atom. The fraction of sp³-hybridized carbons (Fsp3) is 0.800. The second-order valence-corrected chi connectivity index (χ2v) is 4.68. The van der Waals surface area contributed by atoms with Gasteiger partial charge >= 0.3 is 18.5 Å². The van der Waals surface area contributed by atoms with Crippen molar-refractivity contribution in [1.29, 1.82) is 0 Å². The molecule has 0 aromatic rings. The molecule has 25 heavy (non-hydrogen) atoms. The molecule has 0 amide bonds. The highest BCUT2D eigenvalue weighted by Gasteiger charge is 1.90. The molecule has 0 bridgehead atoms. The maximum atomic E-state index is 8.56. The Bertz CT molecular complexity index is 236. The second kappa shape index (κ2) is 33.4. The van der Waals surface area contributed by atoms with Crippen LogP contribution in [-0.2, 0) is 0 Å². The lowest BCUT2D eigenvalue weighted by atomic mass is 10.1. The molecule has 0 aromatic carbocycles. The van der Waals surface area contributed by atoms with E-state index in [1.807, 2.05) is 0 Å². The molecule has 0 aromatic heterocycles. The smallest absolute Gasteiger partial charge is 0.450 e. The highest BCUT2D eigenvalue weighted by atomic mass is 16.6. The van der Waals surface area contributed by atoms with Gasteiger partial charge in [0.05, 0.1) is 0 Å². The fourth-order valence-corrected chi connectivity index (χ4v) is 1.56. The van der Waals surface area contributed by atoms with E-state index in [2.05, 4.69) is 13.8 Å². The first-order valence-electron chi connectivity index (χ1n) is 7.87. The van der Waals surface area contributed by atoms with Crippen LogP contribution >= 0.6 is 0 Å². The Morgan fingerprint density at radius 1 is 0.480 bits per heavy atom. The summed E-state index contributed by atoms with van der Waals surface area (Å²) >= 11 is 0. The zero-order chi connectivity index (χ0) is 19.8. The van der Waals surface area contributed by atoms with Crippen LogP contribution in [-0.4, -0.2) is 49.1 Å². The predicted molar refractivity (Wildman–Crippen MR) is 94.5 cm³/mol. The van der Waals surface area contributed by atoms with Crippen LogP contribution in [0.4, 0.5) is 14.4 Å². The summed E-state index contributed by atoms with van der Waals surface area (Å²) in [6, 6.07) is 0. The Balaban J connectivity index is -0.0000000850. The van der Waals surface area contributed by atoms with Gasteiger partial charge in [-0.05, 0) is 0 Å². The Labute approximate surface area is 148 Å². The highest BCUT2D eigenvalue weighted by Crippen LogP contribution is 2.09. The lowest BCUT2D eigenvalue weighted by molar-refractivity contribution is 0.135. The van der Waals surface area contributed by atoms with Gasteiger partial charge < -0.3 is 36.8 Å². The first kappa shape index (κ1) is 34.2. The summed E-state index contributed by atoms with van der Waals surface area (Å²) in [6.07, 6.45) is 8.94. The van der Waals surface area contributed by atoms with Crippen LogP contribution < -0.4 is 6.15 Å². The van der Waals surface area contributed by atoms with Crippen molar-refractivity contribution in [2.45, 2.75) is 78.1 Å². The van der Waals surface area contributed by atoms with E-state index < -0.39 is 18.5 Å². The van der Waals surface area contributed by atoms with Gasteiger partial charge in [-0.15, -0.1) is 0 Å². The van der Waals surface area contributed by atoms with E-state index in [1.165, 1.54) is 64.2 Å². The molecule has 0 radical (unpaired) electrons. The molecule has 10 nitrogen and oxygen atoms in total. The first-order valence-corrected chi connectivity index (χ1v) is 7.87. The summed E-state index contributed by atoms with van der Waals surface area (Å²) in [5, 5.41) is 41.8. The molecular weight excluding hydrogens is 338 g/mol. The largest absolute Gasteiger partial charge is 0.503 e. The van der Waals surface area contributed by atoms with Crippen molar-refractivity contribution in [2.24, 2.45) is 0 Å². The third-order valence-corrected chi connectivity index (χ3v) is 2.46. The van der Waals surface area contributed by atoms with Crippen LogP contribution in [0.25, 0.3) is 0 Å². The van der Waals surface area contributed by atoms with Crippen LogP contribution in [0.5, 0.6) is 0 Å². The van der Waals surface area contributed by atoms with Crippen molar-refractivity contribution in [1.82, 2.24) is 6.15 Å². The van der Waals surface area contributed by atoms with Crippen LogP contribution in [0.2, 0.25) is 0 Å². The van der Waals surface area contributed by atoms with Crippen molar-refractivity contribution >= 4 is 18.5 Å². The van der Waals surface area contributed by atoms with Gasteiger partial charge in [-0.25, -0.2) is 14.4 Å². The molecule has 0 saturated heterocycles. The maximum Gasteiger partial charge on any atom is 0.503 e. The number of rotatable bonds is 9. The minimum Gasteiger partial charge on any atom is -0.450 e. The number of carbonyl (C=O) groups is 3. The van der Waals surface area contributed by atoms with Crippen molar-refractivity contribution in [3.63, 3.8) is 0 Å². The Hall–Kier alpha value is -2.23. The fourth-order valence-electron chi connectivity index (χ4n) is 1.56. The van der Waals surface area contributed by atoms with E-state index in [0.29, 0.717) is 0 Å². The van der Waals surface area contributed by atoms with Gasteiger partial charge in [0.1, 0.15) is 0 Å². The quantitative estimate of drug-likeness (QED) is 0.243. The van der Waals surface area contributed by atoms with Gasteiger partial charge in [0, 0.05) is 0 Å². The molecule has 0 saturated carbocycles. The zero-order valence-corrected chi connectivity index (χ0v) is 15.2. The van der Waals surface area contributed by atoms with Gasteiger partial charge in [0.2, 0.25) is 0 Å². The third-order valence-electron chi connectivity index (χ3n) is 2.46. The lowest BCUT2D eigenvalue weighted by Gasteiger charge is -1.99. The summed E-state index contributed by atoms with van der Waals surface area (Å²) in [5.74, 6) is 0. The summed E-state index contributed by atoms with van der Waals surface area (Å²) < 4.78 is 0. The number of hydrogen-bond donors (Lipinski definition) is 7. The minimum atomic E-state index is -1.83. The number of carboxylic acid groups (broad SMARTS) is 6. The van der Waals surface area contributed by atoms with E-state index in [1.54, 1.807) is 0 Å². The molecule has 0 heterocycles. The summed E-state index contributed by atoms with van der Waals surface area (Å²) in [6.45, 7) is 4.56. The highest BCUT2D eigenvalue weighted by molar-refractivity contribution is 5.53. The molecule has 0 aliphatic heterocycles. The summed E-state index contributed by atoms with van der Waals surface area (Å²) in [7, 11) is 0. The van der Waals surface area contributed by atoms with Gasteiger partial charge in [0.25, 0.3) is 0 Å². The molecule has 154 valence electrons.